The van der Waals surface area contributed by atoms with Gasteiger partial charge in [0.1, 0.15) is 10.6 Å². The van der Waals surface area contributed by atoms with Crippen LogP contribution in [-0.2, 0) is 10.0 Å². The molecule has 4 nitrogen and oxygen atoms in total. The van der Waals surface area contributed by atoms with E-state index in [-0.39, 0.29) is 10.9 Å². The number of halogens is 1. The highest BCUT2D eigenvalue weighted by molar-refractivity contribution is 9.10. The molecule has 0 saturated carbocycles. The number of hydrogen-bond donors (Lipinski definition) is 0. The van der Waals surface area contributed by atoms with Crippen LogP contribution in [0.15, 0.2) is 21.5 Å². The van der Waals surface area contributed by atoms with Gasteiger partial charge in [-0.15, -0.1) is 0 Å². The molecular weight excluding hydrogens is 342 g/mol. The molecule has 1 aliphatic heterocycles. The Labute approximate surface area is 129 Å². The maximum absolute atomic E-state index is 12.9. The van der Waals surface area contributed by atoms with Crippen LogP contribution >= 0.6 is 15.9 Å². The average molecular weight is 362 g/mol. The van der Waals surface area contributed by atoms with Gasteiger partial charge in [0.15, 0.2) is 0 Å². The van der Waals surface area contributed by atoms with Gasteiger partial charge in [-0.25, -0.2) is 8.42 Å². The molecule has 20 heavy (non-hydrogen) atoms. The van der Waals surface area contributed by atoms with Gasteiger partial charge < -0.3 is 4.74 Å². The number of methoxy groups -OCH3 is 1. The minimum Gasteiger partial charge on any atom is -0.495 e. The Kier molecular flexibility index (Phi) is 4.76. The van der Waals surface area contributed by atoms with E-state index in [9.17, 15) is 8.42 Å². The zero-order chi connectivity index (χ0) is 14.9. The largest absolute Gasteiger partial charge is 0.495 e. The first-order valence-corrected chi connectivity index (χ1v) is 8.97. The number of rotatable bonds is 3. The summed E-state index contributed by atoms with van der Waals surface area (Å²) in [4.78, 5) is 0.242. The second kappa shape index (κ2) is 6.03. The van der Waals surface area contributed by atoms with E-state index in [1.165, 1.54) is 7.11 Å². The third-order valence-electron chi connectivity index (χ3n) is 3.77. The number of hydrogen-bond acceptors (Lipinski definition) is 3. The SMILES string of the molecule is COc1cc(C)c(Br)cc1S(=O)(=O)N1CCCCC1C. The molecule has 0 radical (unpaired) electrons. The summed E-state index contributed by atoms with van der Waals surface area (Å²) in [5.74, 6) is 0.406. The molecule has 1 aromatic carbocycles. The van der Waals surface area contributed by atoms with E-state index in [1.54, 1.807) is 16.4 Å². The van der Waals surface area contributed by atoms with E-state index in [0.717, 1.165) is 29.3 Å². The molecule has 1 aromatic rings. The van der Waals surface area contributed by atoms with Crippen molar-refractivity contribution >= 4 is 26.0 Å². The molecule has 1 fully saturated rings. The van der Waals surface area contributed by atoms with Crippen molar-refractivity contribution in [1.82, 2.24) is 4.31 Å². The fourth-order valence-electron chi connectivity index (χ4n) is 2.55. The predicted octanol–water partition coefficient (Wildman–Crippen LogP) is 3.33. The van der Waals surface area contributed by atoms with Crippen molar-refractivity contribution in [3.8, 4) is 5.75 Å². The Balaban J connectivity index is 2.51. The lowest BCUT2D eigenvalue weighted by Gasteiger charge is -2.32. The number of ether oxygens (including phenoxy) is 1. The van der Waals surface area contributed by atoms with Crippen LogP contribution in [0.3, 0.4) is 0 Å². The maximum Gasteiger partial charge on any atom is 0.247 e. The summed E-state index contributed by atoms with van der Waals surface area (Å²) in [6, 6.07) is 3.44. The number of piperidine rings is 1. The summed E-state index contributed by atoms with van der Waals surface area (Å²) in [5, 5.41) is 0. The summed E-state index contributed by atoms with van der Waals surface area (Å²) < 4.78 is 33.4. The van der Waals surface area contributed by atoms with Gasteiger partial charge in [0.2, 0.25) is 10.0 Å². The lowest BCUT2D eigenvalue weighted by atomic mass is 10.1. The molecule has 6 heteroatoms. The molecule has 0 N–H and O–H groups in total. The van der Waals surface area contributed by atoms with E-state index in [1.807, 2.05) is 13.8 Å². The first-order valence-electron chi connectivity index (χ1n) is 6.74. The van der Waals surface area contributed by atoms with Crippen LogP contribution in [0.5, 0.6) is 5.75 Å². The highest BCUT2D eigenvalue weighted by Gasteiger charge is 2.33. The van der Waals surface area contributed by atoms with Crippen molar-refractivity contribution in [1.29, 1.82) is 0 Å². The fourth-order valence-corrected chi connectivity index (χ4v) is 4.91. The monoisotopic (exact) mass is 361 g/mol. The Bertz CT molecular complexity index is 601. The summed E-state index contributed by atoms with van der Waals surface area (Å²) in [6.45, 7) is 4.46. The molecule has 0 amide bonds. The van der Waals surface area contributed by atoms with Crippen molar-refractivity contribution < 1.29 is 13.2 Å². The Morgan fingerprint density at radius 1 is 1.35 bits per heavy atom. The van der Waals surface area contributed by atoms with E-state index in [0.29, 0.717) is 12.3 Å². The molecule has 112 valence electrons. The number of sulfonamides is 1. The zero-order valence-electron chi connectivity index (χ0n) is 12.0. The van der Waals surface area contributed by atoms with Crippen molar-refractivity contribution in [3.63, 3.8) is 0 Å². The van der Waals surface area contributed by atoms with Crippen LogP contribution in [0, 0.1) is 6.92 Å². The quantitative estimate of drug-likeness (QED) is 0.829. The first-order chi connectivity index (χ1) is 9.37. The molecule has 1 heterocycles. The van der Waals surface area contributed by atoms with Gasteiger partial charge in [0.25, 0.3) is 0 Å². The predicted molar refractivity (Wildman–Crippen MR) is 82.6 cm³/mol. The first kappa shape index (κ1) is 15.8. The molecule has 0 aromatic heterocycles. The minimum absolute atomic E-state index is 0.0403. The lowest BCUT2D eigenvalue weighted by molar-refractivity contribution is 0.267. The molecule has 0 aliphatic carbocycles. The fraction of sp³-hybridized carbons (Fsp3) is 0.571. The van der Waals surface area contributed by atoms with Gasteiger partial charge >= 0.3 is 0 Å². The van der Waals surface area contributed by atoms with Gasteiger partial charge in [0.05, 0.1) is 7.11 Å². The Morgan fingerprint density at radius 2 is 2.05 bits per heavy atom. The summed E-state index contributed by atoms with van der Waals surface area (Å²) in [5.41, 5.74) is 0.951. The molecule has 2 rings (SSSR count). The summed E-state index contributed by atoms with van der Waals surface area (Å²) >= 11 is 3.40. The number of benzene rings is 1. The van der Waals surface area contributed by atoms with Crippen LogP contribution in [0.1, 0.15) is 31.7 Å². The van der Waals surface area contributed by atoms with Gasteiger partial charge in [-0.05, 0) is 44.4 Å². The topological polar surface area (TPSA) is 46.6 Å². The maximum atomic E-state index is 12.9. The molecule has 0 spiro atoms. The molecule has 0 bridgehead atoms. The lowest BCUT2D eigenvalue weighted by Crippen LogP contribution is -2.42. The normalized spacial score (nSPS) is 20.9. The van der Waals surface area contributed by atoms with Gasteiger partial charge in [0, 0.05) is 17.1 Å². The van der Waals surface area contributed by atoms with Crippen LogP contribution < -0.4 is 4.74 Å². The molecular formula is C14H20BrNO3S. The zero-order valence-corrected chi connectivity index (χ0v) is 14.4. The van der Waals surface area contributed by atoms with Gasteiger partial charge in [-0.1, -0.05) is 22.4 Å². The number of nitrogens with zero attached hydrogens (tertiary/aromatic N) is 1. The standard InChI is InChI=1S/C14H20BrNO3S/c1-10-8-13(19-3)14(9-12(10)15)20(17,18)16-7-5-4-6-11(16)2/h8-9,11H,4-7H2,1-3H3. The van der Waals surface area contributed by atoms with Gasteiger partial charge in [-0.3, -0.25) is 0 Å². The third-order valence-corrected chi connectivity index (χ3v) is 6.66. The van der Waals surface area contributed by atoms with Crippen LogP contribution in [0.25, 0.3) is 0 Å². The minimum atomic E-state index is -3.51. The molecule has 1 atom stereocenters. The highest BCUT2D eigenvalue weighted by atomic mass is 79.9. The Hall–Kier alpha value is -0.590. The summed E-state index contributed by atoms with van der Waals surface area (Å²) in [6.07, 6.45) is 2.91. The third kappa shape index (κ3) is 2.87. The van der Waals surface area contributed by atoms with Crippen molar-refractivity contribution in [2.24, 2.45) is 0 Å². The molecule has 1 saturated heterocycles. The van der Waals surface area contributed by atoms with E-state index in [2.05, 4.69) is 15.9 Å². The van der Waals surface area contributed by atoms with Crippen LogP contribution in [0.4, 0.5) is 0 Å². The van der Waals surface area contributed by atoms with Crippen molar-refractivity contribution in [2.75, 3.05) is 13.7 Å². The molecule has 1 unspecified atom stereocenters. The van der Waals surface area contributed by atoms with E-state index < -0.39 is 10.0 Å². The van der Waals surface area contributed by atoms with Crippen molar-refractivity contribution in [2.45, 2.75) is 44.0 Å². The van der Waals surface area contributed by atoms with Gasteiger partial charge in [-0.2, -0.15) is 4.31 Å². The van der Waals surface area contributed by atoms with Crippen LogP contribution in [-0.4, -0.2) is 32.4 Å². The smallest absolute Gasteiger partial charge is 0.247 e. The second-order valence-electron chi connectivity index (χ2n) is 5.21. The van der Waals surface area contributed by atoms with E-state index in [4.69, 9.17) is 4.74 Å². The Morgan fingerprint density at radius 3 is 2.65 bits per heavy atom. The second-order valence-corrected chi connectivity index (χ2v) is 7.93. The summed E-state index contributed by atoms with van der Waals surface area (Å²) in [7, 11) is -2.01. The average Bonchev–Trinajstić information content (AvgIpc) is 2.41. The number of aryl methyl sites for hydroxylation is 1. The van der Waals surface area contributed by atoms with Crippen molar-refractivity contribution in [3.05, 3.63) is 22.2 Å². The highest BCUT2D eigenvalue weighted by Crippen LogP contribution is 2.34. The van der Waals surface area contributed by atoms with E-state index >= 15 is 0 Å². The molecule has 1 aliphatic rings. The van der Waals surface area contributed by atoms with Crippen LogP contribution in [0.2, 0.25) is 0 Å².